The van der Waals surface area contributed by atoms with Gasteiger partial charge in [0.1, 0.15) is 12.1 Å². The molecule has 8 heteroatoms. The van der Waals surface area contributed by atoms with Crippen LogP contribution in [0.25, 0.3) is 16.6 Å². The number of carbonyl (C=O) groups is 1. The van der Waals surface area contributed by atoms with Crippen LogP contribution in [0, 0.1) is 0 Å². The summed E-state index contributed by atoms with van der Waals surface area (Å²) in [6.07, 6.45) is 2.95. The van der Waals surface area contributed by atoms with Crippen LogP contribution in [-0.4, -0.2) is 32.5 Å². The number of nitrogens with zero attached hydrogens (tertiary/aromatic N) is 4. The van der Waals surface area contributed by atoms with Crippen molar-refractivity contribution in [3.8, 4) is 11.4 Å². The third-order valence-electron chi connectivity index (χ3n) is 4.05. The molecule has 2 aromatic carbocycles. The third kappa shape index (κ3) is 3.15. The van der Waals surface area contributed by atoms with Crippen LogP contribution < -0.4 is 15.7 Å². The summed E-state index contributed by atoms with van der Waals surface area (Å²) in [4.78, 5) is 29.1. The Hall–Kier alpha value is -3.94. The molecule has 4 rings (SSSR count). The molecule has 0 spiro atoms. The van der Waals surface area contributed by atoms with E-state index in [2.05, 4.69) is 15.5 Å². The van der Waals surface area contributed by atoms with Gasteiger partial charge in [-0.25, -0.2) is 14.3 Å². The number of fused-ring (bicyclic) bond motifs is 1. The normalized spacial score (nSPS) is 10.7. The molecule has 2 aromatic heterocycles. The van der Waals surface area contributed by atoms with E-state index in [1.165, 1.54) is 6.33 Å². The van der Waals surface area contributed by atoms with Crippen molar-refractivity contribution in [3.63, 3.8) is 0 Å². The lowest BCUT2D eigenvalue weighted by Gasteiger charge is -2.07. The number of hydrogen-bond donors (Lipinski definition) is 1. The van der Waals surface area contributed by atoms with Gasteiger partial charge in [0, 0.05) is 6.20 Å². The molecule has 134 valence electrons. The Labute approximate surface area is 153 Å². The Morgan fingerprint density at radius 1 is 1.07 bits per heavy atom. The van der Waals surface area contributed by atoms with E-state index in [0.717, 1.165) is 16.1 Å². The maximum atomic E-state index is 12.5. The highest BCUT2D eigenvalue weighted by molar-refractivity contribution is 5.98. The Bertz CT molecular complexity index is 1180. The van der Waals surface area contributed by atoms with E-state index >= 15 is 0 Å². The van der Waals surface area contributed by atoms with Crippen molar-refractivity contribution in [2.45, 2.75) is 0 Å². The van der Waals surface area contributed by atoms with Gasteiger partial charge in [0.05, 0.1) is 23.7 Å². The van der Waals surface area contributed by atoms with Crippen molar-refractivity contribution in [1.29, 1.82) is 0 Å². The summed E-state index contributed by atoms with van der Waals surface area (Å²) in [5, 5.41) is 4.67. The first-order valence-corrected chi connectivity index (χ1v) is 8.13. The average molecular weight is 361 g/mol. The van der Waals surface area contributed by atoms with Gasteiger partial charge in [0.2, 0.25) is 0 Å². The molecule has 0 radical (unpaired) electrons. The first-order valence-electron chi connectivity index (χ1n) is 8.13. The minimum Gasteiger partial charge on any atom is -0.497 e. The second kappa shape index (κ2) is 6.75. The number of carbonyl (C=O) groups excluding carboxylic acids is 1. The zero-order valence-corrected chi connectivity index (χ0v) is 14.4. The lowest BCUT2D eigenvalue weighted by atomic mass is 10.2. The van der Waals surface area contributed by atoms with Gasteiger partial charge in [0.15, 0.2) is 5.69 Å². The fourth-order valence-electron chi connectivity index (χ4n) is 2.64. The second-order valence-corrected chi connectivity index (χ2v) is 5.72. The Morgan fingerprint density at radius 2 is 1.85 bits per heavy atom. The lowest BCUT2D eigenvalue weighted by Crippen LogP contribution is -2.33. The largest absolute Gasteiger partial charge is 0.497 e. The summed E-state index contributed by atoms with van der Waals surface area (Å²) >= 11 is 0. The smallest absolute Gasteiger partial charge is 0.290 e. The minimum atomic E-state index is -0.513. The molecule has 4 aromatic rings. The van der Waals surface area contributed by atoms with Gasteiger partial charge in [0.25, 0.3) is 11.5 Å². The molecule has 0 saturated heterocycles. The van der Waals surface area contributed by atoms with Gasteiger partial charge in [-0.3, -0.25) is 15.0 Å². The molecule has 0 aliphatic rings. The fraction of sp³-hybridized carbons (Fsp3) is 0.0526. The molecule has 0 bridgehead atoms. The average Bonchev–Trinajstić information content (AvgIpc) is 3.21. The lowest BCUT2D eigenvalue weighted by molar-refractivity contribution is 0.100. The number of amides is 1. The zero-order valence-electron chi connectivity index (χ0n) is 14.4. The molecule has 0 aliphatic heterocycles. The molecule has 0 aliphatic carbocycles. The van der Waals surface area contributed by atoms with Crippen molar-refractivity contribution >= 4 is 16.8 Å². The number of nitrogens with one attached hydrogen (secondary N) is 1. The SMILES string of the molecule is COc1ccc(-n2ccc(C(=O)Nn3cnc4ccccc4c3=O)n2)cc1. The quantitative estimate of drug-likeness (QED) is 0.600. The Balaban J connectivity index is 1.58. The van der Waals surface area contributed by atoms with E-state index in [-0.39, 0.29) is 11.3 Å². The van der Waals surface area contributed by atoms with Crippen LogP contribution in [0.4, 0.5) is 0 Å². The third-order valence-corrected chi connectivity index (χ3v) is 4.05. The first kappa shape index (κ1) is 16.5. The second-order valence-electron chi connectivity index (χ2n) is 5.72. The standard InChI is InChI=1S/C19H15N5O3/c1-27-14-8-6-13(7-9-14)23-11-10-17(21-23)18(25)22-24-12-20-16-5-3-2-4-15(16)19(24)26/h2-12H,1H3,(H,22,25). The molecule has 8 nitrogen and oxygen atoms in total. The molecule has 0 saturated carbocycles. The van der Waals surface area contributed by atoms with Crippen molar-refractivity contribution in [2.75, 3.05) is 12.5 Å². The van der Waals surface area contributed by atoms with E-state index < -0.39 is 5.91 Å². The number of hydrogen-bond acceptors (Lipinski definition) is 5. The van der Waals surface area contributed by atoms with Crippen molar-refractivity contribution in [2.24, 2.45) is 0 Å². The fourth-order valence-corrected chi connectivity index (χ4v) is 2.64. The zero-order chi connectivity index (χ0) is 18.8. The minimum absolute atomic E-state index is 0.172. The van der Waals surface area contributed by atoms with Crippen LogP contribution in [0.2, 0.25) is 0 Å². The predicted molar refractivity (Wildman–Crippen MR) is 99.8 cm³/mol. The number of rotatable bonds is 4. The molecule has 0 unspecified atom stereocenters. The Morgan fingerprint density at radius 3 is 2.63 bits per heavy atom. The van der Waals surface area contributed by atoms with E-state index in [9.17, 15) is 9.59 Å². The van der Waals surface area contributed by atoms with Gasteiger partial charge in [-0.1, -0.05) is 12.1 Å². The summed E-state index contributed by atoms with van der Waals surface area (Å²) in [5.41, 5.74) is 3.67. The molecule has 0 atom stereocenters. The summed E-state index contributed by atoms with van der Waals surface area (Å²) in [5.74, 6) is 0.216. The monoisotopic (exact) mass is 361 g/mol. The number of benzene rings is 2. The molecule has 2 heterocycles. The summed E-state index contributed by atoms with van der Waals surface area (Å²) < 4.78 is 7.74. The first-order chi connectivity index (χ1) is 13.2. The van der Waals surface area contributed by atoms with Crippen LogP contribution in [-0.2, 0) is 0 Å². The summed E-state index contributed by atoms with van der Waals surface area (Å²) in [6.45, 7) is 0. The van der Waals surface area contributed by atoms with Gasteiger partial charge in [-0.15, -0.1) is 0 Å². The van der Waals surface area contributed by atoms with Gasteiger partial charge < -0.3 is 4.74 Å². The highest BCUT2D eigenvalue weighted by Crippen LogP contribution is 2.14. The van der Waals surface area contributed by atoms with Crippen LogP contribution in [0.1, 0.15) is 10.5 Å². The van der Waals surface area contributed by atoms with Crippen LogP contribution in [0.3, 0.4) is 0 Å². The van der Waals surface area contributed by atoms with Crippen LogP contribution in [0.5, 0.6) is 5.75 Å². The summed E-state index contributed by atoms with van der Waals surface area (Å²) in [7, 11) is 1.59. The van der Waals surface area contributed by atoms with Crippen molar-refractivity contribution in [3.05, 3.63) is 83.2 Å². The highest BCUT2D eigenvalue weighted by atomic mass is 16.5. The molecule has 1 N–H and O–H groups in total. The number of methoxy groups -OCH3 is 1. The molecular weight excluding hydrogens is 346 g/mol. The van der Waals surface area contributed by atoms with E-state index in [4.69, 9.17) is 4.74 Å². The predicted octanol–water partition coefficient (Wildman–Crippen LogP) is 1.97. The van der Waals surface area contributed by atoms with E-state index in [1.54, 1.807) is 60.5 Å². The van der Waals surface area contributed by atoms with Gasteiger partial charge in [-0.2, -0.15) is 5.10 Å². The topological polar surface area (TPSA) is 91.0 Å². The molecule has 1 amide bonds. The highest BCUT2D eigenvalue weighted by Gasteiger charge is 2.12. The Kier molecular flexibility index (Phi) is 4.13. The van der Waals surface area contributed by atoms with Gasteiger partial charge in [-0.05, 0) is 42.5 Å². The maximum Gasteiger partial charge on any atom is 0.290 e. The van der Waals surface area contributed by atoms with Crippen LogP contribution in [0.15, 0.2) is 71.9 Å². The van der Waals surface area contributed by atoms with E-state index in [1.807, 2.05) is 12.1 Å². The summed E-state index contributed by atoms with van der Waals surface area (Å²) in [6, 6.07) is 15.8. The number of aromatic nitrogens is 4. The van der Waals surface area contributed by atoms with Crippen molar-refractivity contribution in [1.82, 2.24) is 19.4 Å². The molecule has 0 fully saturated rings. The molecular formula is C19H15N5O3. The molecule has 27 heavy (non-hydrogen) atoms. The van der Waals surface area contributed by atoms with Crippen molar-refractivity contribution < 1.29 is 9.53 Å². The van der Waals surface area contributed by atoms with E-state index in [0.29, 0.717) is 10.9 Å². The van der Waals surface area contributed by atoms with Crippen LogP contribution >= 0.6 is 0 Å². The van der Waals surface area contributed by atoms with Gasteiger partial charge >= 0.3 is 0 Å². The number of para-hydroxylation sites is 1. The number of ether oxygens (including phenoxy) is 1. The maximum absolute atomic E-state index is 12.5.